The Kier molecular flexibility index (Phi) is 4.09. The predicted octanol–water partition coefficient (Wildman–Crippen LogP) is 2.95. The van der Waals surface area contributed by atoms with Crippen LogP contribution < -0.4 is 10.6 Å². The molecule has 104 valence electrons. The maximum absolute atomic E-state index is 12.0. The van der Waals surface area contributed by atoms with E-state index < -0.39 is 0 Å². The maximum Gasteiger partial charge on any atom is 0.251 e. The minimum atomic E-state index is 0.0443. The van der Waals surface area contributed by atoms with E-state index in [4.69, 9.17) is 0 Å². The van der Waals surface area contributed by atoms with Gasteiger partial charge in [0.25, 0.3) is 5.91 Å². The van der Waals surface area contributed by atoms with E-state index in [0.29, 0.717) is 0 Å². The predicted molar refractivity (Wildman–Crippen MR) is 90.4 cm³/mol. The highest BCUT2D eigenvalue weighted by atomic mass is 127. The standard InChI is InChI=1S/C15H15IN2OS/c1-17-14(11-7-13(16)20-8-11)10-3-2-9-4-5-18-15(19)12(9)6-10/h2-3,6-8,14,17H,4-5H2,1H3,(H,18,19). The Morgan fingerprint density at radius 3 is 2.90 bits per heavy atom. The Morgan fingerprint density at radius 2 is 2.20 bits per heavy atom. The molecular weight excluding hydrogens is 383 g/mol. The summed E-state index contributed by atoms with van der Waals surface area (Å²) in [6, 6.07) is 8.56. The number of carbonyl (C=O) groups is 1. The fourth-order valence-electron chi connectivity index (χ4n) is 2.61. The zero-order valence-electron chi connectivity index (χ0n) is 11.1. The van der Waals surface area contributed by atoms with E-state index >= 15 is 0 Å². The first kappa shape index (κ1) is 14.0. The number of halogens is 1. The number of nitrogens with one attached hydrogen (secondary N) is 2. The zero-order valence-corrected chi connectivity index (χ0v) is 14.0. The molecule has 0 radical (unpaired) electrons. The Morgan fingerprint density at radius 1 is 1.35 bits per heavy atom. The van der Waals surface area contributed by atoms with Gasteiger partial charge in [0.05, 0.1) is 8.93 Å². The summed E-state index contributed by atoms with van der Waals surface area (Å²) in [5, 5.41) is 8.42. The Balaban J connectivity index is 2.00. The molecule has 0 fully saturated rings. The fourth-order valence-corrected chi connectivity index (χ4v) is 4.01. The normalized spacial score (nSPS) is 15.6. The van der Waals surface area contributed by atoms with Crippen LogP contribution in [0.5, 0.6) is 0 Å². The molecule has 1 atom stereocenters. The lowest BCUT2D eigenvalue weighted by Gasteiger charge is -2.21. The third-order valence-corrected chi connectivity index (χ3v) is 5.41. The quantitative estimate of drug-likeness (QED) is 0.781. The molecule has 0 aliphatic carbocycles. The van der Waals surface area contributed by atoms with Crippen molar-refractivity contribution in [2.24, 2.45) is 0 Å². The lowest BCUT2D eigenvalue weighted by atomic mass is 9.93. The van der Waals surface area contributed by atoms with E-state index in [2.05, 4.69) is 56.8 Å². The second kappa shape index (κ2) is 5.83. The minimum absolute atomic E-state index is 0.0443. The number of amides is 1. The van der Waals surface area contributed by atoms with E-state index in [1.807, 2.05) is 13.1 Å². The Labute approximate surface area is 135 Å². The van der Waals surface area contributed by atoms with Gasteiger partial charge in [-0.2, -0.15) is 0 Å². The van der Waals surface area contributed by atoms with Gasteiger partial charge in [0.2, 0.25) is 0 Å². The molecule has 20 heavy (non-hydrogen) atoms. The van der Waals surface area contributed by atoms with E-state index in [-0.39, 0.29) is 11.9 Å². The van der Waals surface area contributed by atoms with Crippen molar-refractivity contribution in [3.8, 4) is 0 Å². The molecule has 0 saturated heterocycles. The average Bonchev–Trinajstić information content (AvgIpc) is 2.87. The van der Waals surface area contributed by atoms with Crippen LogP contribution in [-0.4, -0.2) is 19.5 Å². The number of hydrogen-bond acceptors (Lipinski definition) is 3. The molecule has 1 unspecified atom stereocenters. The highest BCUT2D eigenvalue weighted by Crippen LogP contribution is 2.29. The first-order valence-electron chi connectivity index (χ1n) is 6.51. The van der Waals surface area contributed by atoms with Gasteiger partial charge in [-0.05, 0) is 70.3 Å². The second-order valence-corrected chi connectivity index (χ2v) is 7.63. The smallest absolute Gasteiger partial charge is 0.251 e. The highest BCUT2D eigenvalue weighted by Gasteiger charge is 2.20. The topological polar surface area (TPSA) is 41.1 Å². The van der Waals surface area contributed by atoms with Crippen LogP contribution in [-0.2, 0) is 6.42 Å². The molecule has 2 N–H and O–H groups in total. The number of carbonyl (C=O) groups excluding carboxylic acids is 1. The third kappa shape index (κ3) is 2.62. The van der Waals surface area contributed by atoms with Crippen LogP contribution in [0.2, 0.25) is 0 Å². The van der Waals surface area contributed by atoms with Crippen molar-refractivity contribution < 1.29 is 4.79 Å². The number of benzene rings is 1. The van der Waals surface area contributed by atoms with Gasteiger partial charge in [-0.3, -0.25) is 4.79 Å². The second-order valence-electron chi connectivity index (χ2n) is 4.83. The summed E-state index contributed by atoms with van der Waals surface area (Å²) in [4.78, 5) is 12.0. The molecule has 1 aliphatic heterocycles. The van der Waals surface area contributed by atoms with Crippen LogP contribution in [0.25, 0.3) is 0 Å². The Hall–Kier alpha value is -0.920. The third-order valence-electron chi connectivity index (χ3n) is 3.60. The van der Waals surface area contributed by atoms with Crippen molar-refractivity contribution in [1.29, 1.82) is 0 Å². The van der Waals surface area contributed by atoms with Crippen LogP contribution in [0.4, 0.5) is 0 Å². The van der Waals surface area contributed by atoms with Gasteiger partial charge in [-0.15, -0.1) is 11.3 Å². The summed E-state index contributed by atoms with van der Waals surface area (Å²) in [6.07, 6.45) is 0.919. The van der Waals surface area contributed by atoms with Crippen molar-refractivity contribution >= 4 is 39.8 Å². The molecule has 0 bridgehead atoms. The summed E-state index contributed by atoms with van der Waals surface area (Å²) in [6.45, 7) is 0.739. The maximum atomic E-state index is 12.0. The molecule has 2 aromatic rings. The number of hydrogen-bond donors (Lipinski definition) is 2. The number of rotatable bonds is 3. The molecule has 0 spiro atoms. The highest BCUT2D eigenvalue weighted by molar-refractivity contribution is 14.1. The van der Waals surface area contributed by atoms with Crippen molar-refractivity contribution in [1.82, 2.24) is 10.6 Å². The lowest BCUT2D eigenvalue weighted by Crippen LogP contribution is -2.32. The van der Waals surface area contributed by atoms with Crippen LogP contribution >= 0.6 is 33.9 Å². The molecule has 1 aromatic carbocycles. The fraction of sp³-hybridized carbons (Fsp3) is 0.267. The number of fused-ring (bicyclic) bond motifs is 1. The van der Waals surface area contributed by atoms with Crippen LogP contribution in [0.1, 0.15) is 33.1 Å². The molecule has 0 saturated carbocycles. The van der Waals surface area contributed by atoms with E-state index in [1.54, 1.807) is 11.3 Å². The Bertz CT molecular complexity index is 653. The first-order valence-corrected chi connectivity index (χ1v) is 8.47. The van der Waals surface area contributed by atoms with Crippen LogP contribution in [0.3, 0.4) is 0 Å². The molecule has 2 heterocycles. The van der Waals surface area contributed by atoms with Crippen LogP contribution in [0, 0.1) is 2.88 Å². The lowest BCUT2D eigenvalue weighted by molar-refractivity contribution is 0.0946. The SMILES string of the molecule is CNC(c1csc(I)c1)c1ccc2c(c1)C(=O)NCC2. The van der Waals surface area contributed by atoms with Crippen molar-refractivity contribution in [3.05, 3.63) is 54.8 Å². The summed E-state index contributed by atoms with van der Waals surface area (Å²) < 4.78 is 1.27. The van der Waals surface area contributed by atoms with E-state index in [0.717, 1.165) is 29.7 Å². The van der Waals surface area contributed by atoms with Crippen molar-refractivity contribution in [3.63, 3.8) is 0 Å². The van der Waals surface area contributed by atoms with Gasteiger partial charge in [0.15, 0.2) is 0 Å². The van der Waals surface area contributed by atoms with Gasteiger partial charge in [-0.1, -0.05) is 12.1 Å². The van der Waals surface area contributed by atoms with E-state index in [1.165, 1.54) is 8.45 Å². The molecule has 3 rings (SSSR count). The van der Waals surface area contributed by atoms with Crippen LogP contribution in [0.15, 0.2) is 29.6 Å². The van der Waals surface area contributed by atoms with Gasteiger partial charge < -0.3 is 10.6 Å². The molecule has 1 amide bonds. The van der Waals surface area contributed by atoms with E-state index in [9.17, 15) is 4.79 Å². The van der Waals surface area contributed by atoms with Gasteiger partial charge in [0, 0.05) is 12.1 Å². The van der Waals surface area contributed by atoms with Gasteiger partial charge in [0.1, 0.15) is 0 Å². The molecule has 3 nitrogen and oxygen atoms in total. The minimum Gasteiger partial charge on any atom is -0.352 e. The van der Waals surface area contributed by atoms with Gasteiger partial charge >= 0.3 is 0 Å². The molecule has 5 heteroatoms. The van der Waals surface area contributed by atoms with Crippen molar-refractivity contribution in [2.75, 3.05) is 13.6 Å². The monoisotopic (exact) mass is 398 g/mol. The average molecular weight is 398 g/mol. The summed E-state index contributed by atoms with van der Waals surface area (Å²) >= 11 is 4.07. The first-order chi connectivity index (χ1) is 9.69. The summed E-state index contributed by atoms with van der Waals surface area (Å²) in [5.74, 6) is 0.0443. The largest absolute Gasteiger partial charge is 0.352 e. The molecular formula is C15H15IN2OS. The molecule has 1 aromatic heterocycles. The summed E-state index contributed by atoms with van der Waals surface area (Å²) in [7, 11) is 1.95. The van der Waals surface area contributed by atoms with Crippen molar-refractivity contribution in [2.45, 2.75) is 12.5 Å². The summed E-state index contributed by atoms with van der Waals surface area (Å²) in [5.41, 5.74) is 4.35. The molecule has 1 aliphatic rings. The number of thiophene rings is 1. The van der Waals surface area contributed by atoms with Gasteiger partial charge in [-0.25, -0.2) is 0 Å². The zero-order chi connectivity index (χ0) is 14.1.